The Kier molecular flexibility index (Phi) is 4.04. The van der Waals surface area contributed by atoms with Crippen molar-refractivity contribution in [1.82, 2.24) is 0 Å². The van der Waals surface area contributed by atoms with E-state index in [-0.39, 0.29) is 6.42 Å². The van der Waals surface area contributed by atoms with Crippen LogP contribution in [0.1, 0.15) is 34.1 Å². The predicted molar refractivity (Wildman–Crippen MR) is 59.2 cm³/mol. The Morgan fingerprint density at radius 2 is 1.71 bits per heavy atom. The quantitative estimate of drug-likeness (QED) is 0.768. The van der Waals surface area contributed by atoms with Gasteiger partial charge in [-0.15, -0.1) is 0 Å². The van der Waals surface area contributed by atoms with Gasteiger partial charge >= 0.3 is 0 Å². The minimum absolute atomic E-state index is 0.186. The lowest BCUT2D eigenvalue weighted by Crippen LogP contribution is -2.49. The molecule has 0 saturated carbocycles. The topological polar surface area (TPSA) is 54.4 Å². The Morgan fingerprint density at radius 3 is 1.79 bits per heavy atom. The average Bonchev–Trinajstić information content (AvgIpc) is 1.97. The maximum atomic E-state index is 11.5. The molecular formula is C9H19ClO3S. The Morgan fingerprint density at radius 1 is 1.36 bits per heavy atom. The number of hydrogen-bond donors (Lipinski definition) is 1. The first kappa shape index (κ1) is 14.2. The first-order chi connectivity index (χ1) is 5.97. The smallest absolute Gasteiger partial charge is 0.171 e. The van der Waals surface area contributed by atoms with Crippen LogP contribution in [-0.4, -0.2) is 30.1 Å². The molecule has 0 bridgehead atoms. The van der Waals surface area contributed by atoms with Gasteiger partial charge in [0.15, 0.2) is 14.0 Å². The molecule has 0 unspecified atom stereocenters. The summed E-state index contributed by atoms with van der Waals surface area (Å²) in [5.74, 6) is 0. The van der Waals surface area contributed by atoms with Crippen molar-refractivity contribution in [3.8, 4) is 0 Å². The molecule has 14 heavy (non-hydrogen) atoms. The first-order valence-corrected chi connectivity index (χ1v) is 6.80. The molecule has 0 spiro atoms. The zero-order chi connectivity index (χ0) is 11.8. The molecule has 0 fully saturated rings. The van der Waals surface area contributed by atoms with E-state index in [0.717, 1.165) is 6.26 Å². The van der Waals surface area contributed by atoms with Crippen molar-refractivity contribution in [3.63, 3.8) is 0 Å². The lowest BCUT2D eigenvalue weighted by atomic mass is 9.86. The number of sulfone groups is 1. The van der Waals surface area contributed by atoms with Gasteiger partial charge in [0.1, 0.15) is 0 Å². The SMILES string of the molecule is CC[C@@](Cl)([C@@H](O)C(C)(C)C)S(C)(=O)=O. The van der Waals surface area contributed by atoms with Crippen molar-refractivity contribution < 1.29 is 13.5 Å². The molecule has 0 aliphatic heterocycles. The van der Waals surface area contributed by atoms with E-state index in [1.807, 2.05) is 0 Å². The Hall–Kier alpha value is 0.200. The maximum absolute atomic E-state index is 11.5. The molecule has 0 amide bonds. The fourth-order valence-corrected chi connectivity index (χ4v) is 2.92. The van der Waals surface area contributed by atoms with Crippen LogP contribution in [0.15, 0.2) is 0 Å². The molecule has 0 aromatic heterocycles. The summed E-state index contributed by atoms with van der Waals surface area (Å²) in [6.45, 7) is 6.93. The van der Waals surface area contributed by atoms with Crippen LogP contribution in [0, 0.1) is 5.41 Å². The second-order valence-electron chi connectivity index (χ2n) is 4.68. The summed E-state index contributed by atoms with van der Waals surface area (Å²) < 4.78 is 21.4. The van der Waals surface area contributed by atoms with Crippen LogP contribution in [0.4, 0.5) is 0 Å². The minimum atomic E-state index is -3.48. The van der Waals surface area contributed by atoms with Gasteiger partial charge in [-0.3, -0.25) is 0 Å². The predicted octanol–water partition coefficient (Wildman–Crippen LogP) is 1.78. The standard InChI is InChI=1S/C9H19ClO3S/c1-6-9(10,14(5,12)13)7(11)8(2,3)4/h7,11H,6H2,1-5H3/t7-,9-/m0/s1. The van der Waals surface area contributed by atoms with Crippen LogP contribution in [-0.2, 0) is 9.84 Å². The van der Waals surface area contributed by atoms with Crippen LogP contribution in [0.3, 0.4) is 0 Å². The van der Waals surface area contributed by atoms with E-state index in [1.54, 1.807) is 27.7 Å². The van der Waals surface area contributed by atoms with Crippen LogP contribution in [0.2, 0.25) is 0 Å². The van der Waals surface area contributed by atoms with Gasteiger partial charge in [0.2, 0.25) is 0 Å². The van der Waals surface area contributed by atoms with Crippen molar-refractivity contribution in [2.75, 3.05) is 6.26 Å². The molecule has 0 aromatic carbocycles. The van der Waals surface area contributed by atoms with Gasteiger partial charge < -0.3 is 5.11 Å². The number of rotatable bonds is 3. The average molecular weight is 243 g/mol. The Bertz CT molecular complexity index is 292. The molecule has 0 saturated heterocycles. The zero-order valence-corrected chi connectivity index (χ0v) is 10.9. The van der Waals surface area contributed by atoms with Crippen LogP contribution in [0.25, 0.3) is 0 Å². The highest BCUT2D eigenvalue weighted by molar-refractivity contribution is 7.93. The van der Waals surface area contributed by atoms with Gasteiger partial charge in [-0.1, -0.05) is 39.3 Å². The second kappa shape index (κ2) is 3.99. The fourth-order valence-electron chi connectivity index (χ4n) is 1.30. The van der Waals surface area contributed by atoms with Gasteiger partial charge in [0, 0.05) is 6.26 Å². The van der Waals surface area contributed by atoms with Gasteiger partial charge in [0.25, 0.3) is 0 Å². The van der Waals surface area contributed by atoms with E-state index in [9.17, 15) is 13.5 Å². The summed E-state index contributed by atoms with van der Waals surface area (Å²) in [5.41, 5.74) is -0.555. The molecule has 0 aromatic rings. The molecular weight excluding hydrogens is 224 g/mol. The monoisotopic (exact) mass is 242 g/mol. The third kappa shape index (κ3) is 2.61. The van der Waals surface area contributed by atoms with E-state index < -0.39 is 25.6 Å². The van der Waals surface area contributed by atoms with Crippen molar-refractivity contribution in [2.24, 2.45) is 5.41 Å². The number of aliphatic hydroxyl groups is 1. The lowest BCUT2D eigenvalue weighted by molar-refractivity contribution is 0.0469. The van der Waals surface area contributed by atoms with Crippen molar-refractivity contribution in [2.45, 2.75) is 44.4 Å². The molecule has 0 rings (SSSR count). The highest BCUT2D eigenvalue weighted by Gasteiger charge is 2.48. The minimum Gasteiger partial charge on any atom is -0.390 e. The van der Waals surface area contributed by atoms with E-state index in [2.05, 4.69) is 0 Å². The fraction of sp³-hybridized carbons (Fsp3) is 1.00. The van der Waals surface area contributed by atoms with E-state index in [4.69, 9.17) is 11.6 Å². The Labute approximate surface area is 91.4 Å². The molecule has 3 nitrogen and oxygen atoms in total. The van der Waals surface area contributed by atoms with Gasteiger partial charge in [-0.25, -0.2) is 8.42 Å². The summed E-state index contributed by atoms with van der Waals surface area (Å²) in [6, 6.07) is 0. The van der Waals surface area contributed by atoms with Gasteiger partial charge in [-0.05, 0) is 11.8 Å². The highest BCUT2D eigenvalue weighted by Crippen LogP contribution is 2.38. The van der Waals surface area contributed by atoms with Crippen LogP contribution < -0.4 is 0 Å². The van der Waals surface area contributed by atoms with Gasteiger partial charge in [-0.2, -0.15) is 0 Å². The number of alkyl halides is 1. The first-order valence-electron chi connectivity index (χ1n) is 4.53. The summed E-state index contributed by atoms with van der Waals surface area (Å²) in [5, 5.41) is 9.93. The largest absolute Gasteiger partial charge is 0.390 e. The maximum Gasteiger partial charge on any atom is 0.171 e. The third-order valence-corrected chi connectivity index (χ3v) is 5.39. The molecule has 0 aliphatic carbocycles. The van der Waals surface area contributed by atoms with Crippen molar-refractivity contribution >= 4 is 21.4 Å². The Balaban J connectivity index is 5.29. The van der Waals surface area contributed by atoms with E-state index >= 15 is 0 Å². The number of halogens is 1. The van der Waals surface area contributed by atoms with Gasteiger partial charge in [0.05, 0.1) is 6.10 Å². The summed E-state index contributed by atoms with van der Waals surface area (Å²) in [6.07, 6.45) is 0.154. The molecule has 0 aliphatic rings. The number of aliphatic hydroxyl groups excluding tert-OH is 1. The van der Waals surface area contributed by atoms with Crippen molar-refractivity contribution in [3.05, 3.63) is 0 Å². The van der Waals surface area contributed by atoms with Crippen molar-refractivity contribution in [1.29, 1.82) is 0 Å². The normalized spacial score (nSPS) is 20.2. The molecule has 2 atom stereocenters. The molecule has 0 heterocycles. The van der Waals surface area contributed by atoms with E-state index in [0.29, 0.717) is 0 Å². The summed E-state index contributed by atoms with van der Waals surface area (Å²) in [4.78, 5) is 0. The molecule has 0 radical (unpaired) electrons. The molecule has 86 valence electrons. The number of hydrogen-bond acceptors (Lipinski definition) is 3. The third-order valence-electron chi connectivity index (χ3n) is 2.33. The summed E-state index contributed by atoms with van der Waals surface area (Å²) >= 11 is 6.00. The van der Waals surface area contributed by atoms with Crippen LogP contribution in [0.5, 0.6) is 0 Å². The van der Waals surface area contributed by atoms with E-state index in [1.165, 1.54) is 0 Å². The second-order valence-corrected chi connectivity index (χ2v) is 7.85. The molecule has 5 heteroatoms. The molecule has 1 N–H and O–H groups in total. The lowest BCUT2D eigenvalue weighted by Gasteiger charge is -2.37. The van der Waals surface area contributed by atoms with Crippen LogP contribution >= 0.6 is 11.6 Å². The zero-order valence-electron chi connectivity index (χ0n) is 9.33. The summed E-state index contributed by atoms with van der Waals surface area (Å²) in [7, 11) is -3.48. The highest BCUT2D eigenvalue weighted by atomic mass is 35.5.